The number of piperazine rings is 1. The number of hydrogen-bond donors (Lipinski definition) is 2. The van der Waals surface area contributed by atoms with E-state index in [2.05, 4.69) is 12.5 Å². The summed E-state index contributed by atoms with van der Waals surface area (Å²) in [5, 5.41) is 2.46. The number of carbonyl (C=O) groups is 1. The smallest absolute Gasteiger partial charge is 0.272 e. The number of nitrogens with zero attached hydrogens (tertiary/aromatic N) is 1. The third-order valence-corrected chi connectivity index (χ3v) is 3.66. The van der Waals surface area contributed by atoms with E-state index >= 15 is 0 Å². The lowest BCUT2D eigenvalue weighted by Crippen LogP contribution is -3.12. The van der Waals surface area contributed by atoms with E-state index in [-0.39, 0.29) is 12.5 Å². The molecule has 20 heavy (non-hydrogen) atoms. The largest absolute Gasteiger partial charge is 0.482 e. The zero-order chi connectivity index (χ0) is 14.5. The van der Waals surface area contributed by atoms with Crippen molar-refractivity contribution in [3.8, 4) is 5.75 Å². The highest BCUT2D eigenvalue weighted by molar-refractivity contribution is 6.32. The maximum atomic E-state index is 11.8. The Morgan fingerprint density at radius 1 is 1.45 bits per heavy atom. The van der Waals surface area contributed by atoms with Crippen LogP contribution in [0.15, 0.2) is 18.2 Å². The highest BCUT2D eigenvalue weighted by Crippen LogP contribution is 2.24. The van der Waals surface area contributed by atoms with Crippen molar-refractivity contribution in [2.24, 2.45) is 0 Å². The molecular formula is C14H21ClN3O2+. The van der Waals surface area contributed by atoms with Gasteiger partial charge in [0.15, 0.2) is 6.61 Å². The van der Waals surface area contributed by atoms with Crippen LogP contribution in [0, 0.1) is 6.92 Å². The van der Waals surface area contributed by atoms with Gasteiger partial charge in [-0.15, -0.1) is 0 Å². The second kappa shape index (κ2) is 6.92. The van der Waals surface area contributed by atoms with Crippen LogP contribution in [0.2, 0.25) is 5.02 Å². The van der Waals surface area contributed by atoms with Crippen LogP contribution >= 0.6 is 11.6 Å². The molecule has 0 spiro atoms. The van der Waals surface area contributed by atoms with Crippen LogP contribution in [0.4, 0.5) is 0 Å². The Hall–Kier alpha value is -1.30. The molecule has 5 nitrogen and oxygen atoms in total. The summed E-state index contributed by atoms with van der Waals surface area (Å²) in [6.45, 7) is 5.72. The topological polar surface area (TPSA) is 46.0 Å². The molecule has 1 heterocycles. The number of rotatable bonds is 4. The maximum Gasteiger partial charge on any atom is 0.272 e. The number of ether oxygens (including phenoxy) is 1. The number of hydrazine groups is 1. The molecule has 0 atom stereocenters. The fourth-order valence-electron chi connectivity index (χ4n) is 2.07. The zero-order valence-electron chi connectivity index (χ0n) is 11.9. The Bertz CT molecular complexity index is 473. The molecule has 2 rings (SSSR count). The SMILES string of the molecule is Cc1ccc(Cl)c(OCC(=O)NN2CC[NH+](C)CC2)c1. The van der Waals surface area contributed by atoms with Crippen molar-refractivity contribution < 1.29 is 14.4 Å². The average Bonchev–Trinajstić information content (AvgIpc) is 2.42. The summed E-state index contributed by atoms with van der Waals surface area (Å²) in [5.74, 6) is 0.395. The lowest BCUT2D eigenvalue weighted by atomic mass is 10.2. The predicted molar refractivity (Wildman–Crippen MR) is 78.0 cm³/mol. The van der Waals surface area contributed by atoms with Crippen LogP contribution in [0.1, 0.15) is 5.56 Å². The van der Waals surface area contributed by atoms with Gasteiger partial charge >= 0.3 is 0 Å². The fraction of sp³-hybridized carbons (Fsp3) is 0.500. The molecule has 2 N–H and O–H groups in total. The first kappa shape index (κ1) is 15.1. The Labute approximate surface area is 124 Å². The molecular weight excluding hydrogens is 278 g/mol. The molecule has 1 aliphatic rings. The zero-order valence-corrected chi connectivity index (χ0v) is 12.7. The summed E-state index contributed by atoms with van der Waals surface area (Å²) in [6, 6.07) is 5.50. The quantitative estimate of drug-likeness (QED) is 0.815. The van der Waals surface area contributed by atoms with E-state index in [9.17, 15) is 4.79 Å². The van der Waals surface area contributed by atoms with E-state index in [1.54, 1.807) is 6.07 Å². The predicted octanol–water partition coefficient (Wildman–Crippen LogP) is -0.111. The molecule has 1 aromatic rings. The van der Waals surface area contributed by atoms with Crippen molar-refractivity contribution in [2.45, 2.75) is 6.92 Å². The van der Waals surface area contributed by atoms with Gasteiger partial charge in [-0.1, -0.05) is 17.7 Å². The molecule has 1 aliphatic heterocycles. The van der Waals surface area contributed by atoms with Gasteiger partial charge in [-0.3, -0.25) is 10.2 Å². The number of hydrogen-bond acceptors (Lipinski definition) is 3. The first-order valence-corrected chi connectivity index (χ1v) is 7.17. The van der Waals surface area contributed by atoms with Crippen LogP contribution in [0.25, 0.3) is 0 Å². The first-order chi connectivity index (χ1) is 9.54. The molecule has 0 saturated carbocycles. The van der Waals surface area contributed by atoms with Gasteiger partial charge in [-0.2, -0.15) is 0 Å². The molecule has 6 heteroatoms. The van der Waals surface area contributed by atoms with Crippen LogP contribution in [-0.4, -0.2) is 50.7 Å². The van der Waals surface area contributed by atoms with Crippen LogP contribution < -0.4 is 15.1 Å². The number of carbonyl (C=O) groups excluding carboxylic acids is 1. The number of benzene rings is 1. The summed E-state index contributed by atoms with van der Waals surface area (Å²) in [4.78, 5) is 13.3. The number of amides is 1. The van der Waals surface area contributed by atoms with Crippen LogP contribution in [0.5, 0.6) is 5.75 Å². The molecule has 1 amide bonds. The molecule has 1 aromatic carbocycles. The number of likely N-dealkylation sites (N-methyl/N-ethyl adjacent to an activating group) is 1. The van der Waals surface area contributed by atoms with Gasteiger partial charge in [0.05, 0.1) is 38.2 Å². The lowest BCUT2D eigenvalue weighted by Gasteiger charge is -2.30. The van der Waals surface area contributed by atoms with Crippen molar-refractivity contribution in [1.82, 2.24) is 10.4 Å². The number of aryl methyl sites for hydroxylation is 1. The standard InChI is InChI=1S/C14H20ClN3O2/c1-11-3-4-12(15)13(9-11)20-10-14(19)16-18-7-5-17(2)6-8-18/h3-4,9H,5-8,10H2,1-2H3,(H,16,19)/p+1. The average molecular weight is 299 g/mol. The molecule has 1 fully saturated rings. The first-order valence-electron chi connectivity index (χ1n) is 6.79. The van der Waals surface area contributed by atoms with Crippen molar-refractivity contribution in [2.75, 3.05) is 39.8 Å². The van der Waals surface area contributed by atoms with Gasteiger partial charge in [0, 0.05) is 0 Å². The number of halogens is 1. The summed E-state index contributed by atoms with van der Waals surface area (Å²) in [7, 11) is 2.15. The van der Waals surface area contributed by atoms with E-state index in [0.29, 0.717) is 10.8 Å². The van der Waals surface area contributed by atoms with Gasteiger partial charge in [0.25, 0.3) is 5.91 Å². The molecule has 110 valence electrons. The minimum absolute atomic E-state index is 0.0254. The van der Waals surface area contributed by atoms with Crippen LogP contribution in [0.3, 0.4) is 0 Å². The summed E-state index contributed by atoms with van der Waals surface area (Å²) in [6.07, 6.45) is 0. The van der Waals surface area contributed by atoms with Gasteiger partial charge in [0.1, 0.15) is 5.75 Å². The Kier molecular flexibility index (Phi) is 5.23. The van der Waals surface area contributed by atoms with Gasteiger partial charge < -0.3 is 9.64 Å². The second-order valence-electron chi connectivity index (χ2n) is 5.20. The molecule has 0 radical (unpaired) electrons. The highest BCUT2D eigenvalue weighted by atomic mass is 35.5. The monoisotopic (exact) mass is 298 g/mol. The van der Waals surface area contributed by atoms with E-state index in [4.69, 9.17) is 16.3 Å². The Morgan fingerprint density at radius 3 is 2.85 bits per heavy atom. The van der Waals surface area contributed by atoms with E-state index in [1.807, 2.05) is 24.1 Å². The summed E-state index contributed by atoms with van der Waals surface area (Å²) >= 11 is 6.02. The molecule has 0 bridgehead atoms. The minimum atomic E-state index is -0.151. The van der Waals surface area contributed by atoms with Crippen molar-refractivity contribution in [3.63, 3.8) is 0 Å². The third-order valence-electron chi connectivity index (χ3n) is 3.35. The molecule has 0 unspecified atom stereocenters. The summed E-state index contributed by atoms with van der Waals surface area (Å²) < 4.78 is 5.47. The summed E-state index contributed by atoms with van der Waals surface area (Å²) in [5.41, 5.74) is 3.90. The maximum absolute atomic E-state index is 11.8. The third kappa shape index (κ3) is 4.37. The molecule has 0 aromatic heterocycles. The number of quaternary nitrogens is 1. The second-order valence-corrected chi connectivity index (χ2v) is 5.61. The van der Waals surface area contributed by atoms with Crippen LogP contribution in [-0.2, 0) is 4.79 Å². The van der Waals surface area contributed by atoms with E-state index < -0.39 is 0 Å². The van der Waals surface area contributed by atoms with Gasteiger partial charge in [-0.05, 0) is 24.6 Å². The molecule has 0 aliphatic carbocycles. The van der Waals surface area contributed by atoms with Crippen molar-refractivity contribution in [1.29, 1.82) is 0 Å². The lowest BCUT2D eigenvalue weighted by molar-refractivity contribution is -0.884. The number of nitrogens with one attached hydrogen (secondary N) is 2. The van der Waals surface area contributed by atoms with E-state index in [1.165, 1.54) is 4.90 Å². The van der Waals surface area contributed by atoms with Crippen molar-refractivity contribution in [3.05, 3.63) is 28.8 Å². The fourth-order valence-corrected chi connectivity index (χ4v) is 2.25. The highest BCUT2D eigenvalue weighted by Gasteiger charge is 2.18. The van der Waals surface area contributed by atoms with E-state index in [0.717, 1.165) is 31.7 Å². The van der Waals surface area contributed by atoms with Gasteiger partial charge in [0.2, 0.25) is 0 Å². The minimum Gasteiger partial charge on any atom is -0.482 e. The van der Waals surface area contributed by atoms with Gasteiger partial charge in [-0.25, -0.2) is 5.01 Å². The normalized spacial score (nSPS) is 16.9. The Morgan fingerprint density at radius 2 is 2.15 bits per heavy atom. The molecule has 1 saturated heterocycles. The Balaban J connectivity index is 1.79. The van der Waals surface area contributed by atoms with Crippen molar-refractivity contribution >= 4 is 17.5 Å².